The largest absolute Gasteiger partial charge is 0.428 e. The highest BCUT2D eigenvalue weighted by molar-refractivity contribution is 5.40. The molecule has 0 spiro atoms. The molecule has 0 unspecified atom stereocenters. The van der Waals surface area contributed by atoms with Gasteiger partial charge in [0.25, 0.3) is 0 Å². The van der Waals surface area contributed by atoms with Crippen molar-refractivity contribution in [2.45, 2.75) is 12.8 Å². The van der Waals surface area contributed by atoms with Gasteiger partial charge in [0.2, 0.25) is 0 Å². The van der Waals surface area contributed by atoms with E-state index in [0.717, 1.165) is 6.42 Å². The van der Waals surface area contributed by atoms with Gasteiger partial charge in [-0.05, 0) is 12.0 Å². The van der Waals surface area contributed by atoms with Crippen LogP contribution in [-0.2, 0) is 17.7 Å². The maximum absolute atomic E-state index is 11.3. The second-order valence-corrected chi connectivity index (χ2v) is 3.92. The second kappa shape index (κ2) is 6.02. The number of anilines is 1. The Balaban J connectivity index is 2.07. The lowest BCUT2D eigenvalue weighted by Gasteiger charge is -2.05. The van der Waals surface area contributed by atoms with Crippen LogP contribution in [0.2, 0.25) is 0 Å². The molecule has 1 heterocycles. The molecule has 4 nitrogen and oxygen atoms in total. The van der Waals surface area contributed by atoms with Crippen molar-refractivity contribution < 1.29 is 9.25 Å². The van der Waals surface area contributed by atoms with Crippen LogP contribution in [0, 0.1) is 0 Å². The summed E-state index contributed by atoms with van der Waals surface area (Å²) in [6, 6.07) is 13.2. The standard InChI is InChI=1S/C14H15NO3/c1-17-15-12-9-13(18-14(16)10-12)8-7-11-5-3-2-4-6-11/h2-6,9-10,15H,7-8H2,1H3. The highest BCUT2D eigenvalue weighted by Crippen LogP contribution is 2.10. The van der Waals surface area contributed by atoms with E-state index in [9.17, 15) is 4.79 Å². The van der Waals surface area contributed by atoms with Gasteiger partial charge in [-0.2, -0.15) is 0 Å². The molecule has 0 saturated carbocycles. The van der Waals surface area contributed by atoms with Crippen LogP contribution in [0.1, 0.15) is 11.3 Å². The van der Waals surface area contributed by atoms with E-state index in [1.807, 2.05) is 18.2 Å². The topological polar surface area (TPSA) is 51.5 Å². The fourth-order valence-corrected chi connectivity index (χ4v) is 1.74. The quantitative estimate of drug-likeness (QED) is 0.822. The molecular weight excluding hydrogens is 230 g/mol. The van der Waals surface area contributed by atoms with Crippen LogP contribution >= 0.6 is 0 Å². The van der Waals surface area contributed by atoms with Crippen molar-refractivity contribution in [3.8, 4) is 0 Å². The van der Waals surface area contributed by atoms with E-state index in [0.29, 0.717) is 17.9 Å². The van der Waals surface area contributed by atoms with E-state index in [4.69, 9.17) is 9.25 Å². The fourth-order valence-electron chi connectivity index (χ4n) is 1.74. The highest BCUT2D eigenvalue weighted by atomic mass is 16.6. The van der Waals surface area contributed by atoms with Gasteiger partial charge in [0.05, 0.1) is 12.8 Å². The van der Waals surface area contributed by atoms with Gasteiger partial charge in [-0.25, -0.2) is 4.79 Å². The molecule has 1 N–H and O–H groups in total. The third kappa shape index (κ3) is 3.46. The first-order valence-electron chi connectivity index (χ1n) is 5.75. The molecule has 0 amide bonds. The van der Waals surface area contributed by atoms with Crippen molar-refractivity contribution >= 4 is 5.69 Å². The van der Waals surface area contributed by atoms with Crippen LogP contribution in [0.15, 0.2) is 51.7 Å². The van der Waals surface area contributed by atoms with Crippen LogP contribution in [0.25, 0.3) is 0 Å². The molecule has 94 valence electrons. The molecule has 0 atom stereocenters. The van der Waals surface area contributed by atoms with E-state index in [2.05, 4.69) is 17.6 Å². The Bertz CT molecular complexity index is 548. The number of nitrogens with one attached hydrogen (secondary N) is 1. The van der Waals surface area contributed by atoms with Crippen LogP contribution in [0.3, 0.4) is 0 Å². The maximum Gasteiger partial charge on any atom is 0.338 e. The maximum atomic E-state index is 11.3. The van der Waals surface area contributed by atoms with Crippen molar-refractivity contribution in [2.24, 2.45) is 0 Å². The number of rotatable bonds is 5. The minimum atomic E-state index is -0.375. The predicted molar refractivity (Wildman–Crippen MR) is 69.5 cm³/mol. The zero-order valence-electron chi connectivity index (χ0n) is 10.2. The molecule has 0 aliphatic rings. The molecule has 0 bridgehead atoms. The summed E-state index contributed by atoms with van der Waals surface area (Å²) in [4.78, 5) is 16.1. The summed E-state index contributed by atoms with van der Waals surface area (Å²) in [6.07, 6.45) is 1.51. The molecule has 1 aromatic carbocycles. The van der Waals surface area contributed by atoms with Crippen LogP contribution in [0.4, 0.5) is 5.69 Å². The van der Waals surface area contributed by atoms with Crippen molar-refractivity contribution in [3.05, 3.63) is 64.2 Å². The van der Waals surface area contributed by atoms with Crippen molar-refractivity contribution in [1.29, 1.82) is 0 Å². The molecule has 0 aliphatic heterocycles. The highest BCUT2D eigenvalue weighted by Gasteiger charge is 2.02. The number of benzene rings is 1. The first kappa shape index (κ1) is 12.4. The molecule has 2 rings (SSSR count). The Labute approximate surface area is 105 Å². The summed E-state index contributed by atoms with van der Waals surface area (Å²) in [5.41, 5.74) is 4.07. The molecule has 18 heavy (non-hydrogen) atoms. The van der Waals surface area contributed by atoms with Gasteiger partial charge in [0.1, 0.15) is 5.76 Å². The third-order valence-corrected chi connectivity index (χ3v) is 2.54. The van der Waals surface area contributed by atoms with Gasteiger partial charge in [-0.3, -0.25) is 10.3 Å². The van der Waals surface area contributed by atoms with Crippen molar-refractivity contribution in [3.63, 3.8) is 0 Å². The summed E-state index contributed by atoms with van der Waals surface area (Å²) in [7, 11) is 1.50. The summed E-state index contributed by atoms with van der Waals surface area (Å²) in [5, 5.41) is 0. The SMILES string of the molecule is CONc1cc(CCc2ccccc2)oc(=O)c1. The van der Waals surface area contributed by atoms with Crippen LogP contribution in [-0.4, -0.2) is 7.11 Å². The first-order valence-corrected chi connectivity index (χ1v) is 5.75. The van der Waals surface area contributed by atoms with Crippen LogP contribution in [0.5, 0.6) is 0 Å². The van der Waals surface area contributed by atoms with E-state index in [1.54, 1.807) is 6.07 Å². The molecule has 0 aliphatic carbocycles. The van der Waals surface area contributed by atoms with E-state index in [-0.39, 0.29) is 5.63 Å². The Morgan fingerprint density at radius 2 is 1.94 bits per heavy atom. The molecule has 0 saturated heterocycles. The summed E-state index contributed by atoms with van der Waals surface area (Å²) in [5.74, 6) is 0.644. The minimum absolute atomic E-state index is 0.375. The lowest BCUT2D eigenvalue weighted by atomic mass is 10.1. The molecule has 0 fully saturated rings. The smallest absolute Gasteiger partial charge is 0.338 e. The molecule has 0 radical (unpaired) electrons. The normalized spacial score (nSPS) is 10.3. The molecule has 1 aromatic heterocycles. The summed E-state index contributed by atoms with van der Waals surface area (Å²) < 4.78 is 5.13. The zero-order chi connectivity index (χ0) is 12.8. The average molecular weight is 245 g/mol. The minimum Gasteiger partial charge on any atom is -0.428 e. The molecule has 4 heteroatoms. The number of hydrogen-bond donors (Lipinski definition) is 1. The second-order valence-electron chi connectivity index (χ2n) is 3.92. The number of aryl methyl sites for hydroxylation is 2. The lowest BCUT2D eigenvalue weighted by molar-refractivity contribution is 0.270. The monoisotopic (exact) mass is 245 g/mol. The van der Waals surface area contributed by atoms with E-state index < -0.39 is 0 Å². The predicted octanol–water partition coefficient (Wildman–Crippen LogP) is 2.40. The zero-order valence-corrected chi connectivity index (χ0v) is 10.2. The van der Waals surface area contributed by atoms with Gasteiger partial charge in [0, 0.05) is 18.6 Å². The third-order valence-electron chi connectivity index (χ3n) is 2.54. The van der Waals surface area contributed by atoms with Gasteiger partial charge in [-0.1, -0.05) is 30.3 Å². The van der Waals surface area contributed by atoms with Crippen LogP contribution < -0.4 is 11.1 Å². The Morgan fingerprint density at radius 3 is 2.67 bits per heavy atom. The molecular formula is C14H15NO3. The van der Waals surface area contributed by atoms with Crippen molar-refractivity contribution in [2.75, 3.05) is 12.6 Å². The first-order chi connectivity index (χ1) is 8.78. The van der Waals surface area contributed by atoms with Gasteiger partial charge in [0.15, 0.2) is 0 Å². The number of hydrogen-bond acceptors (Lipinski definition) is 4. The average Bonchev–Trinajstić information content (AvgIpc) is 2.37. The van der Waals surface area contributed by atoms with E-state index in [1.165, 1.54) is 18.7 Å². The van der Waals surface area contributed by atoms with Gasteiger partial charge < -0.3 is 4.42 Å². The Hall–Kier alpha value is -2.07. The lowest BCUT2D eigenvalue weighted by Crippen LogP contribution is -2.05. The summed E-state index contributed by atoms with van der Waals surface area (Å²) in [6.45, 7) is 0. The van der Waals surface area contributed by atoms with Crippen molar-refractivity contribution in [1.82, 2.24) is 0 Å². The van der Waals surface area contributed by atoms with E-state index >= 15 is 0 Å². The Morgan fingerprint density at radius 1 is 1.17 bits per heavy atom. The van der Waals surface area contributed by atoms with Gasteiger partial charge in [-0.15, -0.1) is 0 Å². The fraction of sp³-hybridized carbons (Fsp3) is 0.214. The Kier molecular flexibility index (Phi) is 4.15. The molecule has 2 aromatic rings. The van der Waals surface area contributed by atoms with Gasteiger partial charge >= 0.3 is 5.63 Å². The summed E-state index contributed by atoms with van der Waals surface area (Å²) >= 11 is 0.